The molecule has 2 aliphatic rings. The standard InChI is InChI=1S/C15H15BrN2O3/c16-11-5-3-10(4-6-11)9-18-13(20)15(7-1-2-8-15)12(19)17-14(18)21/h3-6H,1-2,7-9H2,(H,17,19,21). The minimum Gasteiger partial charge on any atom is -0.277 e. The van der Waals surface area contributed by atoms with Crippen LogP contribution in [0.4, 0.5) is 4.79 Å². The third-order valence-electron chi connectivity index (χ3n) is 4.27. The van der Waals surface area contributed by atoms with Crippen LogP contribution in [-0.2, 0) is 16.1 Å². The maximum Gasteiger partial charge on any atom is 0.331 e. The Morgan fingerprint density at radius 2 is 1.71 bits per heavy atom. The highest BCUT2D eigenvalue weighted by atomic mass is 79.9. The largest absolute Gasteiger partial charge is 0.331 e. The summed E-state index contributed by atoms with van der Waals surface area (Å²) in [4.78, 5) is 37.9. The molecule has 1 saturated heterocycles. The van der Waals surface area contributed by atoms with E-state index in [0.717, 1.165) is 27.8 Å². The lowest BCUT2D eigenvalue weighted by Gasteiger charge is -2.36. The first kappa shape index (κ1) is 14.3. The number of carbonyl (C=O) groups excluding carboxylic acids is 3. The number of hydrogen-bond donors (Lipinski definition) is 1. The Balaban J connectivity index is 1.86. The lowest BCUT2D eigenvalue weighted by Crippen LogP contribution is -2.62. The van der Waals surface area contributed by atoms with Crippen molar-refractivity contribution in [2.45, 2.75) is 32.2 Å². The molecule has 1 aromatic rings. The maximum absolute atomic E-state index is 12.7. The molecule has 0 atom stereocenters. The first-order valence-corrected chi connectivity index (χ1v) is 7.74. The van der Waals surface area contributed by atoms with Gasteiger partial charge in [-0.3, -0.25) is 19.8 Å². The molecular weight excluding hydrogens is 336 g/mol. The van der Waals surface area contributed by atoms with Gasteiger partial charge in [0.05, 0.1) is 6.54 Å². The second-order valence-electron chi connectivity index (χ2n) is 5.57. The van der Waals surface area contributed by atoms with Gasteiger partial charge in [-0.15, -0.1) is 0 Å². The van der Waals surface area contributed by atoms with Gasteiger partial charge >= 0.3 is 6.03 Å². The van der Waals surface area contributed by atoms with Gasteiger partial charge in [0, 0.05) is 4.47 Å². The van der Waals surface area contributed by atoms with Crippen molar-refractivity contribution >= 4 is 33.8 Å². The van der Waals surface area contributed by atoms with Crippen LogP contribution in [-0.4, -0.2) is 22.7 Å². The van der Waals surface area contributed by atoms with E-state index in [1.165, 1.54) is 0 Å². The number of carbonyl (C=O) groups is 3. The van der Waals surface area contributed by atoms with Crippen molar-refractivity contribution < 1.29 is 14.4 Å². The summed E-state index contributed by atoms with van der Waals surface area (Å²) in [6, 6.07) is 6.80. The van der Waals surface area contributed by atoms with Crippen molar-refractivity contribution in [3.05, 3.63) is 34.3 Å². The second-order valence-corrected chi connectivity index (χ2v) is 6.48. The quantitative estimate of drug-likeness (QED) is 0.833. The molecule has 6 heteroatoms. The number of amides is 4. The smallest absolute Gasteiger partial charge is 0.277 e. The summed E-state index contributed by atoms with van der Waals surface area (Å²) in [5, 5.41) is 2.34. The van der Waals surface area contributed by atoms with E-state index < -0.39 is 17.4 Å². The summed E-state index contributed by atoms with van der Waals surface area (Å²) in [7, 11) is 0. The number of nitrogens with zero attached hydrogens (tertiary/aromatic N) is 1. The van der Waals surface area contributed by atoms with Gasteiger partial charge in [0.2, 0.25) is 11.8 Å². The van der Waals surface area contributed by atoms with E-state index in [9.17, 15) is 14.4 Å². The van der Waals surface area contributed by atoms with Crippen LogP contribution < -0.4 is 5.32 Å². The van der Waals surface area contributed by atoms with Crippen molar-refractivity contribution in [1.29, 1.82) is 0 Å². The third-order valence-corrected chi connectivity index (χ3v) is 4.79. The molecule has 1 spiro atoms. The molecule has 2 fully saturated rings. The number of rotatable bonds is 2. The van der Waals surface area contributed by atoms with E-state index in [1.807, 2.05) is 24.3 Å². The third kappa shape index (κ3) is 2.37. The highest BCUT2D eigenvalue weighted by Crippen LogP contribution is 2.42. The Morgan fingerprint density at radius 3 is 2.33 bits per heavy atom. The summed E-state index contributed by atoms with van der Waals surface area (Å²) in [5.41, 5.74) is -0.173. The second kappa shape index (κ2) is 5.26. The lowest BCUT2D eigenvalue weighted by molar-refractivity contribution is -0.151. The molecule has 110 valence electrons. The molecule has 0 bridgehead atoms. The van der Waals surface area contributed by atoms with Crippen LogP contribution in [0.2, 0.25) is 0 Å². The highest BCUT2D eigenvalue weighted by Gasteiger charge is 2.54. The molecule has 1 aromatic carbocycles. The number of benzene rings is 1. The minimum absolute atomic E-state index is 0.187. The lowest BCUT2D eigenvalue weighted by atomic mass is 9.82. The van der Waals surface area contributed by atoms with Gasteiger partial charge in [-0.05, 0) is 30.5 Å². The maximum atomic E-state index is 12.7. The zero-order valence-corrected chi connectivity index (χ0v) is 13.0. The van der Waals surface area contributed by atoms with Gasteiger partial charge in [0.25, 0.3) is 0 Å². The number of halogens is 1. The fraction of sp³-hybridized carbons (Fsp3) is 0.400. The van der Waals surface area contributed by atoms with Crippen LogP contribution in [0.25, 0.3) is 0 Å². The predicted octanol–water partition coefficient (Wildman–Crippen LogP) is 2.59. The van der Waals surface area contributed by atoms with Gasteiger partial charge in [0.15, 0.2) is 0 Å². The number of barbiturate groups is 1. The summed E-state index contributed by atoms with van der Waals surface area (Å²) in [6.07, 6.45) is 2.75. The van der Waals surface area contributed by atoms with Gasteiger partial charge in [0.1, 0.15) is 5.41 Å². The fourth-order valence-electron chi connectivity index (χ4n) is 3.07. The molecule has 1 aliphatic heterocycles. The van der Waals surface area contributed by atoms with Crippen molar-refractivity contribution in [1.82, 2.24) is 10.2 Å². The molecular formula is C15H15BrN2O3. The van der Waals surface area contributed by atoms with Crippen LogP contribution in [0, 0.1) is 5.41 Å². The average Bonchev–Trinajstić information content (AvgIpc) is 2.95. The highest BCUT2D eigenvalue weighted by molar-refractivity contribution is 9.10. The zero-order valence-electron chi connectivity index (χ0n) is 11.4. The Bertz CT molecular complexity index is 606. The predicted molar refractivity (Wildman–Crippen MR) is 79.1 cm³/mol. The Kier molecular flexibility index (Phi) is 3.57. The first-order chi connectivity index (χ1) is 10.0. The summed E-state index contributed by atoms with van der Waals surface area (Å²) in [6.45, 7) is 0.187. The van der Waals surface area contributed by atoms with E-state index in [0.29, 0.717) is 12.8 Å². The summed E-state index contributed by atoms with van der Waals surface area (Å²) < 4.78 is 0.933. The van der Waals surface area contributed by atoms with Crippen molar-refractivity contribution in [2.24, 2.45) is 5.41 Å². The van der Waals surface area contributed by atoms with Crippen LogP contribution in [0.3, 0.4) is 0 Å². The van der Waals surface area contributed by atoms with Crippen molar-refractivity contribution in [3.8, 4) is 0 Å². The van der Waals surface area contributed by atoms with E-state index in [1.54, 1.807) is 0 Å². The molecule has 3 rings (SSSR count). The normalized spacial score (nSPS) is 21.0. The molecule has 1 aliphatic carbocycles. The first-order valence-electron chi connectivity index (χ1n) is 6.95. The van der Waals surface area contributed by atoms with Gasteiger partial charge in [-0.25, -0.2) is 4.79 Å². The molecule has 1 saturated carbocycles. The van der Waals surface area contributed by atoms with Crippen LogP contribution >= 0.6 is 15.9 Å². The molecule has 1 heterocycles. The fourth-order valence-corrected chi connectivity index (χ4v) is 3.33. The van der Waals surface area contributed by atoms with Crippen LogP contribution in [0.15, 0.2) is 28.7 Å². The van der Waals surface area contributed by atoms with Gasteiger partial charge in [-0.1, -0.05) is 40.9 Å². The molecule has 1 N–H and O–H groups in total. The van der Waals surface area contributed by atoms with Gasteiger partial charge < -0.3 is 0 Å². The molecule has 0 unspecified atom stereocenters. The topological polar surface area (TPSA) is 66.5 Å². The molecule has 4 amide bonds. The van der Waals surface area contributed by atoms with Crippen molar-refractivity contribution in [3.63, 3.8) is 0 Å². The minimum atomic E-state index is -1.02. The van der Waals surface area contributed by atoms with Crippen LogP contribution in [0.1, 0.15) is 31.2 Å². The summed E-state index contributed by atoms with van der Waals surface area (Å²) >= 11 is 3.35. The number of nitrogens with one attached hydrogen (secondary N) is 1. The summed E-state index contributed by atoms with van der Waals surface area (Å²) in [5.74, 6) is -0.779. The van der Waals surface area contributed by atoms with Crippen LogP contribution in [0.5, 0.6) is 0 Å². The van der Waals surface area contributed by atoms with E-state index >= 15 is 0 Å². The molecule has 0 radical (unpaired) electrons. The Morgan fingerprint density at radius 1 is 1.10 bits per heavy atom. The number of hydrogen-bond acceptors (Lipinski definition) is 3. The van der Waals surface area contributed by atoms with E-state index in [4.69, 9.17) is 0 Å². The number of imide groups is 2. The van der Waals surface area contributed by atoms with E-state index in [2.05, 4.69) is 21.2 Å². The average molecular weight is 351 g/mol. The Hall–Kier alpha value is -1.69. The SMILES string of the molecule is O=C1NC(=O)C2(CCCC2)C(=O)N1Cc1ccc(Br)cc1. The van der Waals surface area contributed by atoms with Gasteiger partial charge in [-0.2, -0.15) is 0 Å². The molecule has 21 heavy (non-hydrogen) atoms. The van der Waals surface area contributed by atoms with Crippen molar-refractivity contribution in [2.75, 3.05) is 0 Å². The zero-order chi connectivity index (χ0) is 15.0. The monoisotopic (exact) mass is 350 g/mol. The molecule has 0 aromatic heterocycles. The Labute approximate surface area is 130 Å². The molecule has 5 nitrogen and oxygen atoms in total. The van der Waals surface area contributed by atoms with E-state index in [-0.39, 0.29) is 12.5 Å². The number of urea groups is 1.